The summed E-state index contributed by atoms with van der Waals surface area (Å²) in [5.41, 5.74) is 3.01. The molecule has 1 saturated heterocycles. The standard InChI is InChI=1S/C13H20N2O6S.C2HF3O2/c1-13(2,3)15-9(16)4-8(11(15)19)22-6-7(14)12(20)21-5-10(17)18;3-2(4,5)1(6)7/h7-8H,4-6,14H2,1-3H3,(H,17,18);(H,6,7)/t7-,8?;/m0./s1. The number of aliphatic carboxylic acids is 2. The van der Waals surface area contributed by atoms with Crippen LogP contribution in [0.4, 0.5) is 13.2 Å². The van der Waals surface area contributed by atoms with Gasteiger partial charge < -0.3 is 25.5 Å². The molecule has 0 aliphatic carbocycles. The fraction of sp³-hybridized carbons (Fsp3) is 0.667. The molecule has 10 nitrogen and oxygen atoms in total. The molecule has 0 aromatic heterocycles. The van der Waals surface area contributed by atoms with Gasteiger partial charge in [-0.25, -0.2) is 9.59 Å². The van der Waals surface area contributed by atoms with Gasteiger partial charge in [0.2, 0.25) is 11.8 Å². The summed E-state index contributed by atoms with van der Waals surface area (Å²) in [5, 5.41) is 16.7. The minimum Gasteiger partial charge on any atom is -0.542 e. The van der Waals surface area contributed by atoms with Crippen LogP contribution >= 0.6 is 11.8 Å². The molecule has 29 heavy (non-hydrogen) atoms. The summed E-state index contributed by atoms with van der Waals surface area (Å²) in [7, 11) is 0. The van der Waals surface area contributed by atoms with Crippen LogP contribution in [0.5, 0.6) is 0 Å². The van der Waals surface area contributed by atoms with E-state index in [1.165, 1.54) is 4.90 Å². The Labute approximate surface area is 167 Å². The molecule has 1 aliphatic rings. The van der Waals surface area contributed by atoms with E-state index in [1.54, 1.807) is 20.8 Å². The Balaban J connectivity index is 0.000000956. The van der Waals surface area contributed by atoms with E-state index in [1.807, 2.05) is 0 Å². The van der Waals surface area contributed by atoms with Gasteiger partial charge in [-0.15, -0.1) is 11.8 Å². The highest BCUT2D eigenvalue weighted by atomic mass is 32.2. The number of hydrogen-bond donors (Lipinski definition) is 2. The van der Waals surface area contributed by atoms with Crippen molar-refractivity contribution in [2.45, 2.75) is 50.2 Å². The fourth-order valence-electron chi connectivity index (χ4n) is 1.99. The number of rotatable bonds is 6. The van der Waals surface area contributed by atoms with Gasteiger partial charge in [-0.3, -0.25) is 14.5 Å². The third kappa shape index (κ3) is 9.13. The molecule has 0 spiro atoms. The number of carbonyl (C=O) groups is 5. The highest BCUT2D eigenvalue weighted by Gasteiger charge is 2.44. The van der Waals surface area contributed by atoms with Gasteiger partial charge >= 0.3 is 18.1 Å². The van der Waals surface area contributed by atoms with Crippen LogP contribution in [0.25, 0.3) is 0 Å². The molecule has 14 heteroatoms. The lowest BCUT2D eigenvalue weighted by atomic mass is 10.1. The van der Waals surface area contributed by atoms with Crippen molar-refractivity contribution >= 4 is 41.5 Å². The van der Waals surface area contributed by atoms with E-state index in [-0.39, 0.29) is 24.0 Å². The highest BCUT2D eigenvalue weighted by Crippen LogP contribution is 2.30. The third-order valence-electron chi connectivity index (χ3n) is 3.18. The first kappa shape index (κ1) is 26.6. The van der Waals surface area contributed by atoms with Crippen molar-refractivity contribution < 1.29 is 57.8 Å². The predicted molar refractivity (Wildman–Crippen MR) is 88.8 cm³/mol. The number of esters is 1. The van der Waals surface area contributed by atoms with Crippen molar-refractivity contribution in [1.29, 1.82) is 0 Å². The van der Waals surface area contributed by atoms with Crippen LogP contribution in [0.3, 0.4) is 0 Å². The average molecular weight is 446 g/mol. The van der Waals surface area contributed by atoms with E-state index < -0.39 is 47.5 Å². The van der Waals surface area contributed by atoms with Gasteiger partial charge in [-0.1, -0.05) is 0 Å². The number of carboxylic acids is 2. The van der Waals surface area contributed by atoms with Crippen LogP contribution in [0.1, 0.15) is 27.2 Å². The molecule has 1 aliphatic heterocycles. The molecule has 0 aromatic rings. The Morgan fingerprint density at radius 3 is 2.14 bits per heavy atom. The van der Waals surface area contributed by atoms with Crippen molar-refractivity contribution in [2.24, 2.45) is 0 Å². The van der Waals surface area contributed by atoms with E-state index in [2.05, 4.69) is 10.5 Å². The molecular weight excluding hydrogens is 425 g/mol. The maximum Gasteiger partial charge on any atom is 0.430 e. The average Bonchev–Trinajstić information content (AvgIpc) is 2.83. The van der Waals surface area contributed by atoms with Crippen LogP contribution in [0, 0.1) is 0 Å². The predicted octanol–water partition coefficient (Wildman–Crippen LogP) is -1.82. The number of carboxylic acid groups (broad SMARTS) is 2. The second kappa shape index (κ2) is 10.4. The second-order valence-electron chi connectivity index (χ2n) is 6.75. The summed E-state index contributed by atoms with van der Waals surface area (Å²) in [6.07, 6.45) is -5.10. The largest absolute Gasteiger partial charge is 0.542 e. The Morgan fingerprint density at radius 2 is 1.79 bits per heavy atom. The molecule has 1 fully saturated rings. The van der Waals surface area contributed by atoms with Crippen molar-refractivity contribution in [3.05, 3.63) is 0 Å². The maximum absolute atomic E-state index is 12.2. The number of amides is 2. The normalized spacial score (nSPS) is 18.0. The zero-order chi connectivity index (χ0) is 23.2. The number of thioether (sulfide) groups is 1. The topological polar surface area (TPSA) is 169 Å². The molecular formula is C15H21F3N2O8S. The van der Waals surface area contributed by atoms with E-state index >= 15 is 0 Å². The highest BCUT2D eigenvalue weighted by molar-refractivity contribution is 8.00. The fourth-order valence-corrected chi connectivity index (χ4v) is 3.10. The summed E-state index contributed by atoms with van der Waals surface area (Å²) in [4.78, 5) is 56.0. The SMILES string of the molecule is CC(C)(C)N1C(=O)CC(SC[C@H]([NH3+])C(=O)OCC(=O)O)C1=O.O=C([O-])C(F)(F)F. The summed E-state index contributed by atoms with van der Waals surface area (Å²) >= 11 is 1.16. The van der Waals surface area contributed by atoms with Crippen LogP contribution in [-0.4, -0.2) is 75.1 Å². The van der Waals surface area contributed by atoms with Gasteiger partial charge in [0.25, 0.3) is 0 Å². The first-order chi connectivity index (χ1) is 13.0. The Kier molecular flexibility index (Phi) is 9.59. The van der Waals surface area contributed by atoms with Crippen molar-refractivity contribution in [1.82, 2.24) is 4.90 Å². The van der Waals surface area contributed by atoms with Crippen LogP contribution in [0.15, 0.2) is 0 Å². The number of quaternary nitrogens is 1. The lowest BCUT2D eigenvalue weighted by Gasteiger charge is -2.30. The van der Waals surface area contributed by atoms with Gasteiger partial charge in [-0.05, 0) is 20.8 Å². The molecule has 4 N–H and O–H groups in total. The smallest absolute Gasteiger partial charge is 0.430 e. The summed E-state index contributed by atoms with van der Waals surface area (Å²) < 4.78 is 36.1. The number of carbonyl (C=O) groups excluding carboxylic acids is 4. The van der Waals surface area contributed by atoms with Crippen molar-refractivity contribution in [2.75, 3.05) is 12.4 Å². The summed E-state index contributed by atoms with van der Waals surface area (Å²) in [6, 6.07) is -0.795. The molecule has 0 radical (unpaired) electrons. The zero-order valence-electron chi connectivity index (χ0n) is 15.8. The van der Waals surface area contributed by atoms with E-state index in [0.717, 1.165) is 11.8 Å². The number of nitrogens with zero attached hydrogens (tertiary/aromatic N) is 1. The van der Waals surface area contributed by atoms with Crippen molar-refractivity contribution in [3.8, 4) is 0 Å². The molecule has 1 heterocycles. The number of alkyl halides is 3. The molecule has 166 valence electrons. The van der Waals surface area contributed by atoms with Gasteiger partial charge in [0.1, 0.15) is 5.97 Å². The molecule has 1 unspecified atom stereocenters. The van der Waals surface area contributed by atoms with Crippen LogP contribution < -0.4 is 10.8 Å². The number of likely N-dealkylation sites (tertiary alicyclic amines) is 1. The Hall–Kier alpha value is -2.35. The Bertz CT molecular complexity index is 663. The van der Waals surface area contributed by atoms with E-state index in [4.69, 9.17) is 15.0 Å². The lowest BCUT2D eigenvalue weighted by molar-refractivity contribution is -0.401. The quantitative estimate of drug-likeness (QED) is 0.352. The first-order valence-electron chi connectivity index (χ1n) is 7.96. The second-order valence-corrected chi connectivity index (χ2v) is 7.98. The molecule has 0 bridgehead atoms. The molecule has 1 rings (SSSR count). The van der Waals surface area contributed by atoms with Crippen molar-refractivity contribution in [3.63, 3.8) is 0 Å². The van der Waals surface area contributed by atoms with Crippen LogP contribution in [-0.2, 0) is 28.7 Å². The minimum atomic E-state index is -5.19. The minimum absolute atomic E-state index is 0.0949. The monoisotopic (exact) mass is 446 g/mol. The molecule has 2 amide bonds. The maximum atomic E-state index is 12.2. The Morgan fingerprint density at radius 1 is 1.31 bits per heavy atom. The number of hydrogen-bond acceptors (Lipinski definition) is 8. The molecule has 2 atom stereocenters. The van der Waals surface area contributed by atoms with Gasteiger partial charge in [0.05, 0.1) is 11.0 Å². The number of imide groups is 1. The molecule has 0 aromatic carbocycles. The third-order valence-corrected chi connectivity index (χ3v) is 4.54. The van der Waals surface area contributed by atoms with E-state index in [0.29, 0.717) is 0 Å². The van der Waals surface area contributed by atoms with Crippen LogP contribution in [0.2, 0.25) is 0 Å². The van der Waals surface area contributed by atoms with Gasteiger partial charge in [0.15, 0.2) is 12.6 Å². The number of halogens is 3. The lowest BCUT2D eigenvalue weighted by Crippen LogP contribution is -2.67. The van der Waals surface area contributed by atoms with Gasteiger partial charge in [-0.2, -0.15) is 13.2 Å². The summed E-state index contributed by atoms with van der Waals surface area (Å²) in [6.45, 7) is 4.63. The van der Waals surface area contributed by atoms with E-state index in [9.17, 15) is 32.3 Å². The first-order valence-corrected chi connectivity index (χ1v) is 9.01. The zero-order valence-corrected chi connectivity index (χ0v) is 16.6. The molecule has 0 saturated carbocycles. The van der Waals surface area contributed by atoms with Gasteiger partial charge in [0, 0.05) is 12.0 Å². The number of ether oxygens (including phenoxy) is 1. The summed E-state index contributed by atoms with van der Waals surface area (Å²) in [5.74, 6) is -5.31.